The number of hydrogen-bond donors (Lipinski definition) is 0. The number of allylic oxidation sites excluding steroid dienone is 1. The molecule has 0 amide bonds. The predicted molar refractivity (Wildman–Crippen MR) is 270 cm³/mol. The number of hydrogen-bond acceptors (Lipinski definition) is 4. The Bertz CT molecular complexity index is 3030. The molecule has 0 fully saturated rings. The molecule has 0 aliphatic carbocycles. The molecule has 0 saturated carbocycles. The largest absolute Gasteiger partial charge is 0.457 e. The van der Waals surface area contributed by atoms with Crippen LogP contribution >= 0.6 is 0 Å². The first-order valence-corrected chi connectivity index (χ1v) is 22.7. The number of ether oxygens (including phenoxy) is 1. The van der Waals surface area contributed by atoms with Crippen LogP contribution in [0, 0.1) is 5.41 Å². The van der Waals surface area contributed by atoms with Crippen LogP contribution in [0.2, 0.25) is 0 Å². The molecule has 0 bridgehead atoms. The summed E-state index contributed by atoms with van der Waals surface area (Å²) in [5.41, 5.74) is 12.4. The Balaban J connectivity index is 1.23. The quantitative estimate of drug-likeness (QED) is 0.153. The highest BCUT2D eigenvalue weighted by Gasteiger charge is 2.33. The minimum atomic E-state index is -0.372. The SMILES string of the molecule is CC(C)(C)C1=CN(c2cc(Oc3cc(C(C)(C)c4ccccc4)c4c5ccccc5n(-c5cc(C(C)(C)C)ccn5)c4c3)cc(-c3ccccc3)c2)CN1c1cccc(C(C)(C)C)c1. The van der Waals surface area contributed by atoms with Crippen LogP contribution in [0.1, 0.15) is 98.4 Å². The highest BCUT2D eigenvalue weighted by molar-refractivity contribution is 6.11. The van der Waals surface area contributed by atoms with Gasteiger partial charge in [0.05, 0.1) is 17.7 Å². The van der Waals surface area contributed by atoms with Gasteiger partial charge in [0.1, 0.15) is 17.3 Å². The van der Waals surface area contributed by atoms with Gasteiger partial charge in [0.2, 0.25) is 0 Å². The van der Waals surface area contributed by atoms with Crippen LogP contribution in [0.25, 0.3) is 38.8 Å². The molecule has 9 rings (SSSR count). The Hall–Kier alpha value is -6.59. The first kappa shape index (κ1) is 42.7. The van der Waals surface area contributed by atoms with Crippen molar-refractivity contribution >= 4 is 33.2 Å². The second-order valence-electron chi connectivity index (χ2n) is 21.1. The van der Waals surface area contributed by atoms with E-state index in [1.54, 1.807) is 0 Å². The lowest BCUT2D eigenvalue weighted by Crippen LogP contribution is -2.30. The summed E-state index contributed by atoms with van der Waals surface area (Å²) >= 11 is 0. The summed E-state index contributed by atoms with van der Waals surface area (Å²) in [4.78, 5) is 9.88. The van der Waals surface area contributed by atoms with Crippen molar-refractivity contribution in [1.29, 1.82) is 0 Å². The Morgan fingerprint density at radius 2 is 1.14 bits per heavy atom. The van der Waals surface area contributed by atoms with Crippen molar-refractivity contribution in [1.82, 2.24) is 9.55 Å². The van der Waals surface area contributed by atoms with Crippen molar-refractivity contribution < 1.29 is 4.74 Å². The Morgan fingerprint density at radius 1 is 0.500 bits per heavy atom. The zero-order chi connectivity index (χ0) is 45.2. The molecule has 0 unspecified atom stereocenters. The zero-order valence-electron chi connectivity index (χ0n) is 39.5. The van der Waals surface area contributed by atoms with Gasteiger partial charge in [-0.2, -0.15) is 0 Å². The van der Waals surface area contributed by atoms with E-state index in [-0.39, 0.29) is 21.7 Å². The molecule has 0 saturated heterocycles. The third kappa shape index (κ3) is 8.09. The number of aromatic nitrogens is 2. The Kier molecular flexibility index (Phi) is 10.6. The van der Waals surface area contributed by atoms with E-state index < -0.39 is 0 Å². The molecule has 1 aliphatic heterocycles. The molecule has 0 spiro atoms. The molecular weight excluding hydrogens is 781 g/mol. The molecular formula is C59H62N4O. The number of para-hydroxylation sites is 1. The van der Waals surface area contributed by atoms with E-state index in [9.17, 15) is 0 Å². The van der Waals surface area contributed by atoms with Gasteiger partial charge in [-0.1, -0.05) is 167 Å². The van der Waals surface area contributed by atoms with Crippen LogP contribution in [0.15, 0.2) is 170 Å². The Morgan fingerprint density at radius 3 is 1.84 bits per heavy atom. The second-order valence-corrected chi connectivity index (χ2v) is 21.1. The summed E-state index contributed by atoms with van der Waals surface area (Å²) < 4.78 is 9.58. The summed E-state index contributed by atoms with van der Waals surface area (Å²) in [6.07, 6.45) is 4.28. The molecule has 8 aromatic rings. The van der Waals surface area contributed by atoms with Crippen LogP contribution < -0.4 is 14.5 Å². The van der Waals surface area contributed by atoms with Crippen LogP contribution in [-0.4, -0.2) is 16.2 Å². The van der Waals surface area contributed by atoms with Crippen LogP contribution in [-0.2, 0) is 16.2 Å². The monoisotopic (exact) mass is 842 g/mol. The zero-order valence-corrected chi connectivity index (χ0v) is 39.5. The van der Waals surface area contributed by atoms with Crippen LogP contribution in [0.5, 0.6) is 11.5 Å². The van der Waals surface area contributed by atoms with E-state index in [2.05, 4.69) is 248 Å². The van der Waals surface area contributed by atoms with Gasteiger partial charge in [-0.05, 0) is 92.7 Å². The number of pyridine rings is 1. The summed E-state index contributed by atoms with van der Waals surface area (Å²) in [6, 6.07) is 54.8. The maximum Gasteiger partial charge on any atom is 0.137 e. The van der Waals surface area contributed by atoms with Gasteiger partial charge in [-0.25, -0.2) is 4.98 Å². The molecule has 5 heteroatoms. The fourth-order valence-electron chi connectivity index (χ4n) is 9.23. The van der Waals surface area contributed by atoms with Gasteiger partial charge in [0, 0.05) is 63.2 Å². The first-order chi connectivity index (χ1) is 30.4. The molecule has 0 atom stereocenters. The van der Waals surface area contributed by atoms with Gasteiger partial charge in [-0.3, -0.25) is 4.57 Å². The van der Waals surface area contributed by atoms with Crippen LogP contribution in [0.3, 0.4) is 0 Å². The van der Waals surface area contributed by atoms with Gasteiger partial charge >= 0.3 is 0 Å². The summed E-state index contributed by atoms with van der Waals surface area (Å²) in [5, 5.41) is 2.39. The average Bonchev–Trinajstić information content (AvgIpc) is 3.87. The van der Waals surface area contributed by atoms with Crippen molar-refractivity contribution in [3.8, 4) is 28.4 Å². The molecule has 5 nitrogen and oxygen atoms in total. The van der Waals surface area contributed by atoms with Gasteiger partial charge in [0.25, 0.3) is 0 Å². The lowest BCUT2D eigenvalue weighted by molar-refractivity contribution is 0.481. The van der Waals surface area contributed by atoms with E-state index in [0.29, 0.717) is 6.67 Å². The van der Waals surface area contributed by atoms with Gasteiger partial charge < -0.3 is 14.5 Å². The topological polar surface area (TPSA) is 33.5 Å². The fraction of sp³-hybridized carbons (Fsp3) is 0.271. The van der Waals surface area contributed by atoms with Crippen molar-refractivity contribution in [3.05, 3.63) is 192 Å². The summed E-state index contributed by atoms with van der Waals surface area (Å²) in [5.74, 6) is 2.43. The lowest BCUT2D eigenvalue weighted by atomic mass is 9.76. The molecule has 3 heterocycles. The van der Waals surface area contributed by atoms with E-state index in [0.717, 1.165) is 45.2 Å². The summed E-state index contributed by atoms with van der Waals surface area (Å²) in [7, 11) is 0. The lowest BCUT2D eigenvalue weighted by Gasteiger charge is -2.32. The van der Waals surface area contributed by atoms with Gasteiger partial charge in [0.15, 0.2) is 0 Å². The minimum Gasteiger partial charge on any atom is -0.457 e. The van der Waals surface area contributed by atoms with Crippen molar-refractivity contribution in [2.75, 3.05) is 16.5 Å². The first-order valence-electron chi connectivity index (χ1n) is 22.7. The molecule has 324 valence electrons. The second kappa shape index (κ2) is 15.9. The van der Waals surface area contributed by atoms with E-state index in [4.69, 9.17) is 9.72 Å². The van der Waals surface area contributed by atoms with Crippen molar-refractivity contribution in [3.63, 3.8) is 0 Å². The molecule has 1 aliphatic rings. The Labute approximate surface area is 380 Å². The smallest absolute Gasteiger partial charge is 0.137 e. The number of rotatable bonds is 8. The maximum absolute atomic E-state index is 7.25. The number of benzene rings is 6. The van der Waals surface area contributed by atoms with Crippen molar-refractivity contribution in [2.24, 2.45) is 5.41 Å². The predicted octanol–water partition coefficient (Wildman–Crippen LogP) is 15.7. The molecule has 6 aromatic carbocycles. The highest BCUT2D eigenvalue weighted by Crippen LogP contribution is 2.46. The average molecular weight is 843 g/mol. The van der Waals surface area contributed by atoms with E-state index in [1.165, 1.54) is 44.4 Å². The molecule has 64 heavy (non-hydrogen) atoms. The minimum absolute atomic E-state index is 0.0395. The molecule has 2 aromatic heterocycles. The van der Waals surface area contributed by atoms with Crippen LogP contribution in [0.4, 0.5) is 11.4 Å². The third-order valence-electron chi connectivity index (χ3n) is 13.0. The van der Waals surface area contributed by atoms with E-state index in [1.807, 2.05) is 6.20 Å². The normalized spacial score (nSPS) is 13.8. The highest BCUT2D eigenvalue weighted by atomic mass is 16.5. The number of fused-ring (bicyclic) bond motifs is 3. The standard InChI is InChI=1S/C59H62N4O/c1-56(2,3)43-25-20-26-45(33-43)62-39-61(38-53(62)58(7,8)9)46-31-41(40-21-14-12-15-22-40)32-47(35-46)64-48-36-50(59(10,11)42-23-16-13-17-24-42)55-49-27-18-19-28-51(49)63(52(55)37-48)54-34-44(29-30-60-54)57(4,5)6/h12-38H,39H2,1-11H3. The third-order valence-corrected chi connectivity index (χ3v) is 13.0. The van der Waals surface area contributed by atoms with Gasteiger partial charge in [-0.15, -0.1) is 0 Å². The maximum atomic E-state index is 7.25. The number of anilines is 2. The summed E-state index contributed by atoms with van der Waals surface area (Å²) in [6.45, 7) is 25.9. The van der Waals surface area contributed by atoms with E-state index >= 15 is 0 Å². The van der Waals surface area contributed by atoms with Crippen molar-refractivity contribution in [2.45, 2.75) is 92.4 Å². The molecule has 0 N–H and O–H groups in total. The number of nitrogens with zero attached hydrogens (tertiary/aromatic N) is 4. The molecule has 0 radical (unpaired) electrons. The fourth-order valence-corrected chi connectivity index (χ4v) is 9.23.